The van der Waals surface area contributed by atoms with E-state index < -0.39 is 0 Å². The summed E-state index contributed by atoms with van der Waals surface area (Å²) in [6.45, 7) is 7.20. The number of rotatable bonds is 2. The second-order valence-electron chi connectivity index (χ2n) is 6.66. The maximum atomic E-state index is 6.59. The summed E-state index contributed by atoms with van der Waals surface area (Å²) in [5.41, 5.74) is 5.00. The predicted octanol–water partition coefficient (Wildman–Crippen LogP) is 5.63. The molecular formula is C18H24Cl2N2. The molecule has 0 saturated heterocycles. The maximum Gasteiger partial charge on any atom is 0.146 e. The molecule has 0 bridgehead atoms. The van der Waals surface area contributed by atoms with Gasteiger partial charge in [0.2, 0.25) is 0 Å². The zero-order valence-corrected chi connectivity index (χ0v) is 15.1. The minimum atomic E-state index is 0.533. The third kappa shape index (κ3) is 2.83. The van der Waals surface area contributed by atoms with Crippen LogP contribution in [0.4, 0.5) is 5.69 Å². The second-order valence-corrected chi connectivity index (χ2v) is 7.38. The van der Waals surface area contributed by atoms with Crippen LogP contribution in [0.15, 0.2) is 22.4 Å². The van der Waals surface area contributed by atoms with Crippen molar-refractivity contribution in [2.75, 3.05) is 11.6 Å². The van der Waals surface area contributed by atoms with Crippen molar-refractivity contribution in [1.29, 1.82) is 0 Å². The molecule has 1 heterocycles. The first-order chi connectivity index (χ1) is 10.5. The van der Waals surface area contributed by atoms with Crippen LogP contribution in [-0.4, -0.2) is 17.6 Å². The number of aryl methyl sites for hydroxylation is 3. The summed E-state index contributed by atoms with van der Waals surface area (Å²) in [5, 5.41) is 1.38. The number of halogens is 2. The van der Waals surface area contributed by atoms with Crippen molar-refractivity contribution in [3.8, 4) is 0 Å². The van der Waals surface area contributed by atoms with Gasteiger partial charge in [-0.1, -0.05) is 60.2 Å². The average Bonchev–Trinajstić information content (AvgIpc) is 2.76. The van der Waals surface area contributed by atoms with Crippen LogP contribution < -0.4 is 4.90 Å². The van der Waals surface area contributed by atoms with E-state index in [2.05, 4.69) is 42.7 Å². The van der Waals surface area contributed by atoms with Crippen molar-refractivity contribution < 1.29 is 0 Å². The smallest absolute Gasteiger partial charge is 0.146 e. The lowest BCUT2D eigenvalue weighted by Crippen LogP contribution is -2.37. The third-order valence-corrected chi connectivity index (χ3v) is 5.75. The Morgan fingerprint density at radius 2 is 1.50 bits per heavy atom. The van der Waals surface area contributed by atoms with Gasteiger partial charge >= 0.3 is 0 Å². The summed E-state index contributed by atoms with van der Waals surface area (Å²) in [7, 11) is 0. The van der Waals surface area contributed by atoms with Gasteiger partial charge in [-0.2, -0.15) is 0 Å². The second kappa shape index (κ2) is 6.33. The Morgan fingerprint density at radius 1 is 0.909 bits per heavy atom. The lowest BCUT2D eigenvalue weighted by molar-refractivity contribution is 0.226. The van der Waals surface area contributed by atoms with Crippen LogP contribution in [0.25, 0.3) is 0 Å². The van der Waals surface area contributed by atoms with Crippen LogP contribution in [0.3, 0.4) is 0 Å². The molecule has 1 aliphatic heterocycles. The van der Waals surface area contributed by atoms with E-state index in [1.165, 1.54) is 54.5 Å². The Kier molecular flexibility index (Phi) is 4.61. The fourth-order valence-corrected chi connectivity index (χ4v) is 4.48. The van der Waals surface area contributed by atoms with E-state index in [1.807, 2.05) is 0 Å². The van der Waals surface area contributed by atoms with E-state index in [0.717, 1.165) is 6.67 Å². The highest BCUT2D eigenvalue weighted by molar-refractivity contribution is 6.40. The van der Waals surface area contributed by atoms with Crippen molar-refractivity contribution >= 4 is 28.9 Å². The van der Waals surface area contributed by atoms with Crippen molar-refractivity contribution in [2.24, 2.45) is 0 Å². The van der Waals surface area contributed by atoms with Gasteiger partial charge in [0.25, 0.3) is 0 Å². The molecule has 1 fully saturated rings. The van der Waals surface area contributed by atoms with Crippen LogP contribution >= 0.6 is 23.2 Å². The molecule has 0 aromatic heterocycles. The van der Waals surface area contributed by atoms with Gasteiger partial charge in [-0.05, 0) is 44.7 Å². The molecule has 2 nitrogen and oxygen atoms in total. The summed E-state index contributed by atoms with van der Waals surface area (Å²) >= 11 is 13.2. The predicted molar refractivity (Wildman–Crippen MR) is 95.4 cm³/mol. The molecule has 2 aliphatic rings. The molecule has 1 aliphatic carbocycles. The van der Waals surface area contributed by atoms with Crippen molar-refractivity contribution in [2.45, 2.75) is 58.9 Å². The maximum absolute atomic E-state index is 6.59. The largest absolute Gasteiger partial charge is 0.339 e. The van der Waals surface area contributed by atoms with Crippen LogP contribution in [0, 0.1) is 20.8 Å². The molecule has 0 spiro atoms. The van der Waals surface area contributed by atoms with Gasteiger partial charge in [0, 0.05) is 11.7 Å². The lowest BCUT2D eigenvalue weighted by atomic mass is 9.95. The molecule has 1 aromatic rings. The van der Waals surface area contributed by atoms with Crippen molar-refractivity contribution in [3.63, 3.8) is 0 Å². The average molecular weight is 339 g/mol. The molecule has 3 rings (SSSR count). The van der Waals surface area contributed by atoms with Crippen molar-refractivity contribution in [3.05, 3.63) is 39.1 Å². The summed E-state index contributed by atoms with van der Waals surface area (Å²) in [6.07, 6.45) is 6.39. The molecule has 0 unspecified atom stereocenters. The Labute approximate surface area is 143 Å². The van der Waals surface area contributed by atoms with Crippen LogP contribution in [0.2, 0.25) is 0 Å². The topological polar surface area (TPSA) is 6.48 Å². The van der Waals surface area contributed by atoms with Crippen LogP contribution in [0.1, 0.15) is 48.8 Å². The van der Waals surface area contributed by atoms with Gasteiger partial charge < -0.3 is 9.80 Å². The standard InChI is InChI=1S/C18H24Cl2N2/c1-12-9-13(2)16(14(3)10-12)22-11-21(17(19)18(22)20)15-7-5-4-6-8-15/h9-10,15H,4-8,11H2,1-3H3. The minimum Gasteiger partial charge on any atom is -0.339 e. The number of nitrogens with zero attached hydrogens (tertiary/aromatic N) is 2. The molecule has 22 heavy (non-hydrogen) atoms. The Hall–Kier alpha value is -0.860. The Bertz CT molecular complexity index is 580. The molecule has 1 aromatic carbocycles. The van der Waals surface area contributed by atoms with Gasteiger partial charge in [-0.15, -0.1) is 0 Å². The fraction of sp³-hybridized carbons (Fsp3) is 0.556. The highest BCUT2D eigenvalue weighted by Gasteiger charge is 2.34. The van der Waals surface area contributed by atoms with Crippen LogP contribution in [-0.2, 0) is 0 Å². The highest BCUT2D eigenvalue weighted by atomic mass is 35.5. The number of hydrogen-bond donors (Lipinski definition) is 0. The van der Waals surface area contributed by atoms with E-state index in [9.17, 15) is 0 Å². The fourth-order valence-electron chi connectivity index (χ4n) is 3.94. The molecule has 0 N–H and O–H groups in total. The number of hydrogen-bond acceptors (Lipinski definition) is 2. The number of benzene rings is 1. The summed E-state index contributed by atoms with van der Waals surface area (Å²) < 4.78 is 0. The lowest BCUT2D eigenvalue weighted by Gasteiger charge is -2.33. The van der Waals surface area contributed by atoms with Gasteiger partial charge in [-0.3, -0.25) is 0 Å². The van der Waals surface area contributed by atoms with Crippen molar-refractivity contribution in [1.82, 2.24) is 4.90 Å². The van der Waals surface area contributed by atoms with E-state index in [-0.39, 0.29) is 0 Å². The molecule has 4 heteroatoms. The summed E-state index contributed by atoms with van der Waals surface area (Å²) in [4.78, 5) is 4.46. The molecule has 0 radical (unpaired) electrons. The molecule has 1 saturated carbocycles. The molecule has 120 valence electrons. The highest BCUT2D eigenvalue weighted by Crippen LogP contribution is 2.40. The molecule has 0 atom stereocenters. The van der Waals surface area contributed by atoms with Gasteiger partial charge in [0.05, 0.1) is 6.67 Å². The molecular weight excluding hydrogens is 315 g/mol. The Morgan fingerprint density at radius 3 is 2.09 bits per heavy atom. The first-order valence-electron chi connectivity index (χ1n) is 8.16. The monoisotopic (exact) mass is 338 g/mol. The minimum absolute atomic E-state index is 0.533. The van der Waals surface area contributed by atoms with E-state index >= 15 is 0 Å². The zero-order valence-electron chi connectivity index (χ0n) is 13.6. The van der Waals surface area contributed by atoms with E-state index in [0.29, 0.717) is 16.4 Å². The normalized spacial score (nSPS) is 20.2. The quantitative estimate of drug-likeness (QED) is 0.645. The summed E-state index contributed by atoms with van der Waals surface area (Å²) in [5.74, 6) is 0. The van der Waals surface area contributed by atoms with E-state index in [1.54, 1.807) is 0 Å². The molecule has 0 amide bonds. The third-order valence-electron chi connectivity index (χ3n) is 4.87. The zero-order chi connectivity index (χ0) is 15.9. The SMILES string of the molecule is Cc1cc(C)c(N2CN(C3CCCCC3)C(Cl)=C2Cl)c(C)c1. The Balaban J connectivity index is 1.91. The van der Waals surface area contributed by atoms with Crippen LogP contribution in [0.5, 0.6) is 0 Å². The first-order valence-corrected chi connectivity index (χ1v) is 8.92. The van der Waals surface area contributed by atoms with Gasteiger partial charge in [-0.25, -0.2) is 0 Å². The number of anilines is 1. The van der Waals surface area contributed by atoms with E-state index in [4.69, 9.17) is 23.2 Å². The summed E-state index contributed by atoms with van der Waals surface area (Å²) in [6, 6.07) is 4.96. The van der Waals surface area contributed by atoms with Gasteiger partial charge in [0.15, 0.2) is 0 Å². The van der Waals surface area contributed by atoms with Gasteiger partial charge in [0.1, 0.15) is 10.3 Å². The first kappa shape index (κ1) is 16.0.